The van der Waals surface area contributed by atoms with Crippen LogP contribution in [0.1, 0.15) is 35.8 Å². The number of carbonyl (C=O) groups excluding carboxylic acids is 1. The normalized spacial score (nSPS) is 16.5. The number of aryl methyl sites for hydroxylation is 1. The molecule has 1 saturated heterocycles. The minimum absolute atomic E-state index is 0.00565. The summed E-state index contributed by atoms with van der Waals surface area (Å²) in [5.74, 6) is 1.48. The zero-order chi connectivity index (χ0) is 19.7. The molecule has 28 heavy (non-hydrogen) atoms. The van der Waals surface area contributed by atoms with Crippen LogP contribution < -0.4 is 9.47 Å². The summed E-state index contributed by atoms with van der Waals surface area (Å²) in [7, 11) is 3.23. The van der Waals surface area contributed by atoms with E-state index in [2.05, 4.69) is 10.1 Å². The first kappa shape index (κ1) is 18.3. The van der Waals surface area contributed by atoms with Crippen molar-refractivity contribution in [1.82, 2.24) is 19.5 Å². The van der Waals surface area contributed by atoms with Crippen molar-refractivity contribution in [2.45, 2.75) is 32.2 Å². The van der Waals surface area contributed by atoms with Crippen molar-refractivity contribution < 1.29 is 14.3 Å². The van der Waals surface area contributed by atoms with Crippen LogP contribution in [0, 0.1) is 6.92 Å². The average Bonchev–Trinajstić information content (AvgIpc) is 3.33. The SMILES string of the molecule is COc1ccc(OC)c(CC(=O)N2CCC[C@@H]2c2ccnc3cc(C)nn23)c1. The lowest BCUT2D eigenvalue weighted by molar-refractivity contribution is -0.131. The van der Waals surface area contributed by atoms with E-state index in [-0.39, 0.29) is 18.4 Å². The van der Waals surface area contributed by atoms with Crippen LogP contribution in [0.25, 0.3) is 5.65 Å². The highest BCUT2D eigenvalue weighted by molar-refractivity contribution is 5.80. The Kier molecular flexibility index (Phi) is 4.90. The lowest BCUT2D eigenvalue weighted by Gasteiger charge is -2.25. The summed E-state index contributed by atoms with van der Waals surface area (Å²) < 4.78 is 12.6. The highest BCUT2D eigenvalue weighted by Gasteiger charge is 2.32. The van der Waals surface area contributed by atoms with Gasteiger partial charge in [0.1, 0.15) is 11.5 Å². The van der Waals surface area contributed by atoms with Gasteiger partial charge in [0.05, 0.1) is 38.1 Å². The van der Waals surface area contributed by atoms with E-state index >= 15 is 0 Å². The van der Waals surface area contributed by atoms with Gasteiger partial charge in [-0.05, 0) is 44.0 Å². The Balaban J connectivity index is 1.62. The van der Waals surface area contributed by atoms with Gasteiger partial charge in [-0.1, -0.05) is 0 Å². The first-order valence-corrected chi connectivity index (χ1v) is 9.42. The zero-order valence-electron chi connectivity index (χ0n) is 16.4. The van der Waals surface area contributed by atoms with E-state index in [9.17, 15) is 4.79 Å². The van der Waals surface area contributed by atoms with Crippen LogP contribution in [0.3, 0.4) is 0 Å². The van der Waals surface area contributed by atoms with E-state index in [4.69, 9.17) is 9.47 Å². The van der Waals surface area contributed by atoms with Crippen LogP contribution in [0.4, 0.5) is 0 Å². The second-order valence-electron chi connectivity index (χ2n) is 7.03. The van der Waals surface area contributed by atoms with Gasteiger partial charge in [-0.15, -0.1) is 0 Å². The van der Waals surface area contributed by atoms with Crippen molar-refractivity contribution in [3.05, 3.63) is 53.5 Å². The summed E-state index contributed by atoms with van der Waals surface area (Å²) in [5.41, 5.74) is 3.55. The van der Waals surface area contributed by atoms with Crippen LogP contribution in [-0.4, -0.2) is 46.2 Å². The highest BCUT2D eigenvalue weighted by Crippen LogP contribution is 2.33. The molecule has 1 atom stereocenters. The molecule has 7 heteroatoms. The minimum Gasteiger partial charge on any atom is -0.497 e. The van der Waals surface area contributed by atoms with E-state index in [1.54, 1.807) is 20.4 Å². The fraction of sp³-hybridized carbons (Fsp3) is 0.381. The fourth-order valence-electron chi connectivity index (χ4n) is 3.94. The molecule has 0 N–H and O–H groups in total. The Morgan fingerprint density at radius 3 is 2.86 bits per heavy atom. The molecule has 3 aromatic rings. The third kappa shape index (κ3) is 3.28. The predicted octanol–water partition coefficient (Wildman–Crippen LogP) is 2.96. The molecule has 0 spiro atoms. The molecule has 0 bridgehead atoms. The van der Waals surface area contributed by atoms with Crippen LogP contribution in [0.5, 0.6) is 11.5 Å². The number of fused-ring (bicyclic) bond motifs is 1. The average molecular weight is 380 g/mol. The topological polar surface area (TPSA) is 69.0 Å². The lowest BCUT2D eigenvalue weighted by atomic mass is 10.1. The van der Waals surface area contributed by atoms with Crippen LogP contribution in [-0.2, 0) is 11.2 Å². The van der Waals surface area contributed by atoms with Gasteiger partial charge in [0, 0.05) is 24.4 Å². The van der Waals surface area contributed by atoms with Gasteiger partial charge in [-0.3, -0.25) is 4.79 Å². The largest absolute Gasteiger partial charge is 0.497 e. The Bertz CT molecular complexity index is 1010. The van der Waals surface area contributed by atoms with E-state index in [1.807, 2.05) is 46.7 Å². The first-order valence-electron chi connectivity index (χ1n) is 9.42. The van der Waals surface area contributed by atoms with Crippen LogP contribution >= 0.6 is 0 Å². The fourth-order valence-corrected chi connectivity index (χ4v) is 3.94. The van der Waals surface area contributed by atoms with E-state index in [0.29, 0.717) is 11.5 Å². The van der Waals surface area contributed by atoms with Crippen molar-refractivity contribution in [3.8, 4) is 11.5 Å². The number of amides is 1. The maximum Gasteiger partial charge on any atom is 0.227 e. The monoisotopic (exact) mass is 380 g/mol. The molecular formula is C21H24N4O3. The molecule has 1 fully saturated rings. The van der Waals surface area contributed by atoms with Gasteiger partial charge in [0.15, 0.2) is 5.65 Å². The molecule has 3 heterocycles. The molecular weight excluding hydrogens is 356 g/mol. The van der Waals surface area contributed by atoms with Gasteiger partial charge in [0.25, 0.3) is 0 Å². The smallest absolute Gasteiger partial charge is 0.227 e. The molecule has 7 nitrogen and oxygen atoms in total. The van der Waals surface area contributed by atoms with E-state index in [0.717, 1.165) is 42.0 Å². The lowest BCUT2D eigenvalue weighted by Crippen LogP contribution is -2.33. The number of carbonyl (C=O) groups is 1. The molecule has 0 unspecified atom stereocenters. The summed E-state index contributed by atoms with van der Waals surface area (Å²) in [6.07, 6.45) is 3.94. The first-order chi connectivity index (χ1) is 13.6. The van der Waals surface area contributed by atoms with Crippen molar-refractivity contribution in [2.24, 2.45) is 0 Å². The maximum atomic E-state index is 13.2. The van der Waals surface area contributed by atoms with Crippen molar-refractivity contribution >= 4 is 11.6 Å². The number of hydrogen-bond acceptors (Lipinski definition) is 5. The third-order valence-corrected chi connectivity index (χ3v) is 5.25. The molecule has 1 aliphatic rings. The summed E-state index contributed by atoms with van der Waals surface area (Å²) >= 11 is 0. The Hall–Kier alpha value is -3.09. The molecule has 0 aliphatic carbocycles. The van der Waals surface area contributed by atoms with Gasteiger partial charge in [-0.2, -0.15) is 5.10 Å². The van der Waals surface area contributed by atoms with Gasteiger partial charge in [-0.25, -0.2) is 9.50 Å². The molecule has 1 amide bonds. The Morgan fingerprint density at radius 1 is 1.21 bits per heavy atom. The van der Waals surface area contributed by atoms with Crippen LogP contribution in [0.2, 0.25) is 0 Å². The molecule has 4 rings (SSSR count). The van der Waals surface area contributed by atoms with Gasteiger partial charge >= 0.3 is 0 Å². The predicted molar refractivity (Wildman–Crippen MR) is 105 cm³/mol. The zero-order valence-corrected chi connectivity index (χ0v) is 16.4. The number of likely N-dealkylation sites (tertiary alicyclic amines) is 1. The summed E-state index contributed by atoms with van der Waals surface area (Å²) in [5, 5.41) is 4.57. The summed E-state index contributed by atoms with van der Waals surface area (Å²) in [6.45, 7) is 2.69. The molecule has 2 aromatic heterocycles. The number of methoxy groups -OCH3 is 2. The quantitative estimate of drug-likeness (QED) is 0.681. The number of benzene rings is 1. The number of aromatic nitrogens is 3. The number of hydrogen-bond donors (Lipinski definition) is 0. The maximum absolute atomic E-state index is 13.2. The third-order valence-electron chi connectivity index (χ3n) is 5.25. The second kappa shape index (κ2) is 7.50. The molecule has 1 aliphatic heterocycles. The number of ether oxygens (including phenoxy) is 2. The van der Waals surface area contributed by atoms with E-state index in [1.165, 1.54) is 0 Å². The Morgan fingerprint density at radius 2 is 2.07 bits per heavy atom. The summed E-state index contributed by atoms with van der Waals surface area (Å²) in [4.78, 5) is 19.5. The molecule has 0 saturated carbocycles. The van der Waals surface area contributed by atoms with Gasteiger partial charge in [0.2, 0.25) is 5.91 Å². The van der Waals surface area contributed by atoms with Gasteiger partial charge < -0.3 is 14.4 Å². The van der Waals surface area contributed by atoms with Crippen molar-refractivity contribution in [3.63, 3.8) is 0 Å². The molecule has 1 aromatic carbocycles. The minimum atomic E-state index is -0.00565. The highest BCUT2D eigenvalue weighted by atomic mass is 16.5. The number of rotatable bonds is 5. The summed E-state index contributed by atoms with van der Waals surface area (Å²) in [6, 6.07) is 9.44. The molecule has 0 radical (unpaired) electrons. The number of nitrogens with zero attached hydrogens (tertiary/aromatic N) is 4. The Labute approximate surface area is 163 Å². The molecule has 146 valence electrons. The van der Waals surface area contributed by atoms with E-state index < -0.39 is 0 Å². The van der Waals surface area contributed by atoms with Crippen LogP contribution in [0.15, 0.2) is 36.5 Å². The standard InChI is InChI=1S/C21H24N4O3/c1-14-11-20-22-9-8-18(25(20)23-14)17-5-4-10-24(17)21(26)13-15-12-16(27-2)6-7-19(15)28-3/h6-9,11-12,17H,4-5,10,13H2,1-3H3/t17-/m1/s1. The van der Waals surface area contributed by atoms with Crippen molar-refractivity contribution in [2.75, 3.05) is 20.8 Å². The van der Waals surface area contributed by atoms with Crippen molar-refractivity contribution in [1.29, 1.82) is 0 Å². The second-order valence-corrected chi connectivity index (χ2v) is 7.03.